The molecule has 0 atom stereocenters. The molecular weight excluding hydrogens is 321 g/mol. The summed E-state index contributed by atoms with van der Waals surface area (Å²) in [6.45, 7) is 0. The zero-order valence-electron chi connectivity index (χ0n) is 12.2. The molecule has 1 aromatic carbocycles. The van der Waals surface area contributed by atoms with E-state index in [0.29, 0.717) is 12.8 Å². The number of rotatable bonds is 4. The van der Waals surface area contributed by atoms with Gasteiger partial charge >= 0.3 is 0 Å². The van der Waals surface area contributed by atoms with E-state index in [1.54, 1.807) is 6.07 Å². The second-order valence-corrected chi connectivity index (χ2v) is 6.05. The first-order chi connectivity index (χ1) is 11.0. The van der Waals surface area contributed by atoms with Crippen molar-refractivity contribution in [1.82, 2.24) is 15.3 Å². The summed E-state index contributed by atoms with van der Waals surface area (Å²) in [5.41, 5.74) is 0.756. The Kier molecular flexibility index (Phi) is 4.43. The number of hydrogen-bond donors (Lipinski definition) is 2. The molecule has 1 aliphatic rings. The third kappa shape index (κ3) is 3.59. The van der Waals surface area contributed by atoms with Crippen LogP contribution in [0.15, 0.2) is 35.4 Å². The average Bonchev–Trinajstić information content (AvgIpc) is 2.46. The van der Waals surface area contributed by atoms with E-state index in [4.69, 9.17) is 11.6 Å². The number of nitrogens with one attached hydrogen (secondary N) is 2. The smallest absolute Gasteiger partial charge is 0.250 e. The topological polar surface area (TPSA) is 74.8 Å². The van der Waals surface area contributed by atoms with Crippen molar-refractivity contribution in [3.8, 4) is 0 Å². The molecule has 7 heteroatoms. The lowest BCUT2D eigenvalue weighted by atomic mass is 9.78. The van der Waals surface area contributed by atoms with Gasteiger partial charge in [0.2, 0.25) is 5.91 Å². The Morgan fingerprint density at radius 2 is 2.22 bits per heavy atom. The predicted octanol–water partition coefficient (Wildman–Crippen LogP) is 2.17. The first-order valence-corrected chi connectivity index (χ1v) is 7.67. The van der Waals surface area contributed by atoms with E-state index >= 15 is 0 Å². The van der Waals surface area contributed by atoms with Crippen LogP contribution in [0, 0.1) is 5.82 Å². The third-order valence-corrected chi connectivity index (χ3v) is 4.37. The highest BCUT2D eigenvalue weighted by Crippen LogP contribution is 2.35. The maximum atomic E-state index is 13.7. The van der Waals surface area contributed by atoms with Crippen LogP contribution in [-0.4, -0.2) is 21.9 Å². The number of carbonyl (C=O) groups excluding carboxylic acids is 1. The summed E-state index contributed by atoms with van der Waals surface area (Å²) in [6, 6.07) is 5.84. The number of benzene rings is 1. The normalized spacial score (nSPS) is 19.9. The summed E-state index contributed by atoms with van der Waals surface area (Å²) in [6.07, 6.45) is 2.72. The number of aromatic amines is 1. The predicted molar refractivity (Wildman–Crippen MR) is 83.9 cm³/mol. The molecule has 0 unspecified atom stereocenters. The number of H-pyrrole nitrogens is 1. The second-order valence-electron chi connectivity index (χ2n) is 5.65. The van der Waals surface area contributed by atoms with Crippen molar-refractivity contribution in [2.75, 3.05) is 0 Å². The molecular formula is C16H15ClFN3O2. The SMILES string of the molecule is O=C(Cc1c(F)cccc1Cl)NC1CC(c2cc(=O)[nH]cn2)C1. The molecule has 2 aromatic rings. The fourth-order valence-corrected chi connectivity index (χ4v) is 2.95. The van der Waals surface area contributed by atoms with Crippen molar-refractivity contribution in [3.63, 3.8) is 0 Å². The summed E-state index contributed by atoms with van der Waals surface area (Å²) in [7, 11) is 0. The largest absolute Gasteiger partial charge is 0.353 e. The maximum Gasteiger partial charge on any atom is 0.250 e. The summed E-state index contributed by atoms with van der Waals surface area (Å²) < 4.78 is 13.7. The molecule has 1 amide bonds. The highest BCUT2D eigenvalue weighted by molar-refractivity contribution is 6.31. The molecule has 0 saturated heterocycles. The van der Waals surface area contributed by atoms with E-state index in [2.05, 4.69) is 15.3 Å². The number of halogens is 2. The molecule has 1 fully saturated rings. The quantitative estimate of drug-likeness (QED) is 0.899. The van der Waals surface area contributed by atoms with E-state index < -0.39 is 5.82 Å². The van der Waals surface area contributed by atoms with Crippen LogP contribution in [0.4, 0.5) is 4.39 Å². The second kappa shape index (κ2) is 6.50. The van der Waals surface area contributed by atoms with Crippen LogP contribution in [0.1, 0.15) is 30.0 Å². The Bertz CT molecular complexity index is 767. The molecule has 5 nitrogen and oxygen atoms in total. The fraction of sp³-hybridized carbons (Fsp3) is 0.312. The lowest BCUT2D eigenvalue weighted by Gasteiger charge is -2.35. The summed E-state index contributed by atoms with van der Waals surface area (Å²) in [5.74, 6) is -0.578. The first kappa shape index (κ1) is 15.7. The van der Waals surface area contributed by atoms with E-state index in [9.17, 15) is 14.0 Å². The molecule has 0 radical (unpaired) electrons. The summed E-state index contributed by atoms with van der Waals surface area (Å²) >= 11 is 5.92. The standard InChI is InChI=1S/C16H15ClFN3O2/c17-12-2-1-3-13(18)11(12)6-16(23)21-10-4-9(5-10)14-7-15(22)20-8-19-14/h1-3,7-10H,4-6H2,(H,21,23)(H,19,20,22). The van der Waals surface area contributed by atoms with Crippen molar-refractivity contribution in [2.24, 2.45) is 0 Å². The lowest BCUT2D eigenvalue weighted by Crippen LogP contribution is -2.44. The van der Waals surface area contributed by atoms with E-state index in [0.717, 1.165) is 5.69 Å². The molecule has 0 spiro atoms. The highest BCUT2D eigenvalue weighted by atomic mass is 35.5. The van der Waals surface area contributed by atoms with Gasteiger partial charge in [-0.1, -0.05) is 17.7 Å². The summed E-state index contributed by atoms with van der Waals surface area (Å²) in [4.78, 5) is 29.9. The molecule has 3 rings (SSSR count). The van der Waals surface area contributed by atoms with Crippen LogP contribution in [0.25, 0.3) is 0 Å². The fourth-order valence-electron chi connectivity index (χ4n) is 2.72. The number of carbonyl (C=O) groups is 1. The van der Waals surface area contributed by atoms with E-state index in [1.165, 1.54) is 24.5 Å². The molecule has 0 bridgehead atoms. The van der Waals surface area contributed by atoms with Crippen molar-refractivity contribution in [2.45, 2.75) is 31.2 Å². The minimum Gasteiger partial charge on any atom is -0.353 e. The van der Waals surface area contributed by atoms with Crippen LogP contribution >= 0.6 is 11.6 Å². The van der Waals surface area contributed by atoms with Gasteiger partial charge in [0, 0.05) is 28.6 Å². The third-order valence-electron chi connectivity index (χ3n) is 4.02. The van der Waals surface area contributed by atoms with Gasteiger partial charge in [0.25, 0.3) is 5.56 Å². The van der Waals surface area contributed by atoms with Gasteiger partial charge in [0.1, 0.15) is 5.82 Å². The number of aromatic nitrogens is 2. The Morgan fingerprint density at radius 1 is 1.43 bits per heavy atom. The molecule has 120 valence electrons. The van der Waals surface area contributed by atoms with Gasteiger partial charge in [-0.05, 0) is 25.0 Å². The molecule has 1 saturated carbocycles. The van der Waals surface area contributed by atoms with Crippen LogP contribution in [0.2, 0.25) is 5.02 Å². The van der Waals surface area contributed by atoms with Crippen LogP contribution < -0.4 is 10.9 Å². The highest BCUT2D eigenvalue weighted by Gasteiger charge is 2.32. The molecule has 0 aliphatic heterocycles. The first-order valence-electron chi connectivity index (χ1n) is 7.30. The maximum absolute atomic E-state index is 13.7. The van der Waals surface area contributed by atoms with Crippen LogP contribution in [-0.2, 0) is 11.2 Å². The molecule has 1 aromatic heterocycles. The van der Waals surface area contributed by atoms with Crippen molar-refractivity contribution < 1.29 is 9.18 Å². The molecule has 1 aliphatic carbocycles. The Hall–Kier alpha value is -2.21. The monoisotopic (exact) mass is 335 g/mol. The number of nitrogens with zero attached hydrogens (tertiary/aromatic N) is 1. The minimum absolute atomic E-state index is 0.0131. The van der Waals surface area contributed by atoms with Gasteiger partial charge in [-0.15, -0.1) is 0 Å². The zero-order chi connectivity index (χ0) is 16.4. The van der Waals surface area contributed by atoms with Crippen molar-refractivity contribution in [1.29, 1.82) is 0 Å². The minimum atomic E-state index is -0.480. The lowest BCUT2D eigenvalue weighted by molar-refractivity contribution is -0.121. The van der Waals surface area contributed by atoms with Crippen LogP contribution in [0.5, 0.6) is 0 Å². The average molecular weight is 336 g/mol. The number of amides is 1. The Labute approximate surface area is 136 Å². The van der Waals surface area contributed by atoms with Gasteiger partial charge in [-0.2, -0.15) is 0 Å². The molecule has 23 heavy (non-hydrogen) atoms. The Balaban J connectivity index is 1.54. The molecule has 1 heterocycles. The Morgan fingerprint density at radius 3 is 2.91 bits per heavy atom. The number of hydrogen-bond acceptors (Lipinski definition) is 3. The van der Waals surface area contributed by atoms with Crippen molar-refractivity contribution in [3.05, 3.63) is 63.0 Å². The molecule has 2 N–H and O–H groups in total. The van der Waals surface area contributed by atoms with Gasteiger partial charge in [0.15, 0.2) is 0 Å². The van der Waals surface area contributed by atoms with E-state index in [1.807, 2.05) is 0 Å². The van der Waals surface area contributed by atoms with Gasteiger partial charge in [-0.25, -0.2) is 9.37 Å². The van der Waals surface area contributed by atoms with Gasteiger partial charge in [-0.3, -0.25) is 9.59 Å². The zero-order valence-corrected chi connectivity index (χ0v) is 12.9. The van der Waals surface area contributed by atoms with Gasteiger partial charge < -0.3 is 10.3 Å². The van der Waals surface area contributed by atoms with Crippen molar-refractivity contribution >= 4 is 17.5 Å². The van der Waals surface area contributed by atoms with Gasteiger partial charge in [0.05, 0.1) is 18.4 Å². The summed E-state index contributed by atoms with van der Waals surface area (Å²) in [5, 5.41) is 3.11. The van der Waals surface area contributed by atoms with Crippen LogP contribution in [0.3, 0.4) is 0 Å². The van der Waals surface area contributed by atoms with E-state index in [-0.39, 0.29) is 40.4 Å².